The Labute approximate surface area is 427 Å². The Hall–Kier alpha value is -8.50. The van der Waals surface area contributed by atoms with Gasteiger partial charge in [0.1, 0.15) is 0 Å². The molecule has 14 rings (SSSR count). The fraction of sp³-hybridized carbons (Fsp3) is 0.0725. The van der Waals surface area contributed by atoms with Crippen LogP contribution in [0.2, 0.25) is 0 Å². The average Bonchev–Trinajstić information content (AvgIpc) is 4.20. The molecular formula is C69H54N2S. The number of aromatic amines is 1. The van der Waals surface area contributed by atoms with Crippen molar-refractivity contribution in [3.8, 4) is 55.1 Å². The molecule has 12 aromatic rings. The Morgan fingerprint density at radius 1 is 0.403 bits per heavy atom. The smallest absolute Gasteiger partial charge is 0.0726 e. The number of H-pyrrole nitrogens is 1. The molecule has 1 N–H and O–H groups in total. The zero-order valence-corrected chi connectivity index (χ0v) is 41.8. The van der Waals surface area contributed by atoms with Crippen LogP contribution in [0, 0.1) is 13.8 Å². The van der Waals surface area contributed by atoms with Gasteiger partial charge in [-0.25, -0.2) is 0 Å². The molecule has 2 nitrogen and oxygen atoms in total. The third kappa shape index (κ3) is 7.31. The molecule has 0 saturated heterocycles. The molecule has 0 aliphatic heterocycles. The first-order chi connectivity index (χ1) is 35.6. The number of nitrogens with zero attached hydrogens (tertiary/aromatic N) is 1. The number of hydrogen-bond acceptors (Lipinski definition) is 2. The minimum atomic E-state index is -0.441. The highest BCUT2D eigenvalue weighted by molar-refractivity contribution is 7.23. The zero-order chi connectivity index (χ0) is 48.8. The molecule has 0 unspecified atom stereocenters. The van der Waals surface area contributed by atoms with Gasteiger partial charge in [0, 0.05) is 44.0 Å². The van der Waals surface area contributed by atoms with Gasteiger partial charge in [0.15, 0.2) is 0 Å². The molecule has 2 aliphatic carbocycles. The molecule has 1 spiro atoms. The van der Waals surface area contributed by atoms with E-state index in [9.17, 15) is 0 Å². The number of hydrogen-bond donors (Lipinski definition) is 1. The summed E-state index contributed by atoms with van der Waals surface area (Å²) >= 11 is 1.90. The van der Waals surface area contributed by atoms with Crippen molar-refractivity contribution < 1.29 is 0 Å². The number of fused-ring (bicyclic) bond motifs is 12. The van der Waals surface area contributed by atoms with Crippen molar-refractivity contribution in [1.29, 1.82) is 0 Å². The van der Waals surface area contributed by atoms with Gasteiger partial charge in [0.2, 0.25) is 0 Å². The minimum Gasteiger partial charge on any atom is -0.355 e. The molecule has 72 heavy (non-hydrogen) atoms. The van der Waals surface area contributed by atoms with Crippen LogP contribution in [0.1, 0.15) is 47.2 Å². The Bertz CT molecular complexity index is 3820. The van der Waals surface area contributed by atoms with E-state index in [0.717, 1.165) is 22.6 Å². The first kappa shape index (κ1) is 44.7. The second-order valence-electron chi connectivity index (χ2n) is 18.5. The van der Waals surface area contributed by atoms with Crippen molar-refractivity contribution in [1.82, 2.24) is 4.98 Å². The van der Waals surface area contributed by atoms with Crippen molar-refractivity contribution in [3.05, 3.63) is 282 Å². The van der Waals surface area contributed by atoms with Gasteiger partial charge in [0.25, 0.3) is 0 Å². The van der Waals surface area contributed by atoms with Gasteiger partial charge in [-0.2, -0.15) is 0 Å². The van der Waals surface area contributed by atoms with Crippen molar-refractivity contribution in [2.75, 3.05) is 4.90 Å². The minimum absolute atomic E-state index is 0.441. The first-order valence-electron chi connectivity index (χ1n) is 25.2. The normalized spacial score (nSPS) is 12.3. The van der Waals surface area contributed by atoms with Crippen LogP contribution in [0.4, 0.5) is 17.1 Å². The third-order valence-electron chi connectivity index (χ3n) is 14.6. The van der Waals surface area contributed by atoms with E-state index < -0.39 is 5.41 Å². The quantitative estimate of drug-likeness (QED) is 0.176. The number of anilines is 3. The van der Waals surface area contributed by atoms with Crippen LogP contribution in [0.5, 0.6) is 0 Å². The molecule has 0 bridgehead atoms. The largest absolute Gasteiger partial charge is 0.355 e. The van der Waals surface area contributed by atoms with E-state index in [1.165, 1.54) is 104 Å². The molecule has 0 atom stereocenters. The van der Waals surface area contributed by atoms with Gasteiger partial charge in [-0.1, -0.05) is 226 Å². The standard InChI is InChI=1S/C60H40N2S.C7H8.C2H6/c1-38-44-24-15-29-57(59(44)63-58(38)50-23-7-6-22-49(50)56-36-41-18-5-14-28-55(41)61-56)62(42-32-30-40(31-33-42)39-16-3-2-4-17-39)43-34-35-48-47-21-10-13-27-53(47)60(54(48)37-43)51-25-11-8-19-45(51)46-20-9-12-26-52(46)60;1-7-5-3-2-4-6-7;1-2/h2-37,61H,1H3;2-6H,1H3;1-2H3. The highest BCUT2D eigenvalue weighted by atomic mass is 32.1. The van der Waals surface area contributed by atoms with Gasteiger partial charge in [0.05, 0.1) is 15.8 Å². The Morgan fingerprint density at radius 3 is 1.53 bits per heavy atom. The highest BCUT2D eigenvalue weighted by Gasteiger charge is 2.51. The number of rotatable bonds is 6. The van der Waals surface area contributed by atoms with Crippen LogP contribution in [0.15, 0.2) is 249 Å². The first-order valence-corrected chi connectivity index (χ1v) is 26.0. The summed E-state index contributed by atoms with van der Waals surface area (Å²) in [6.45, 7) is 8.38. The van der Waals surface area contributed by atoms with Crippen molar-refractivity contribution in [2.24, 2.45) is 0 Å². The van der Waals surface area contributed by atoms with Crippen molar-refractivity contribution in [2.45, 2.75) is 33.1 Å². The number of para-hydroxylation sites is 1. The van der Waals surface area contributed by atoms with Gasteiger partial charge < -0.3 is 9.88 Å². The van der Waals surface area contributed by atoms with E-state index in [4.69, 9.17) is 0 Å². The SMILES string of the molecule is CC.Cc1c(-c2ccccc2-c2cc3ccccc3[nH]2)sc2c(N(c3ccc(-c4ccccc4)cc3)c3ccc4c(c3)C3(c5ccccc5-c5ccccc53)c3ccccc3-4)cccc12.Cc1ccccc1. The summed E-state index contributed by atoms with van der Waals surface area (Å²) in [5.41, 5.74) is 23.3. The lowest BCUT2D eigenvalue weighted by Gasteiger charge is -2.32. The predicted molar refractivity (Wildman–Crippen MR) is 308 cm³/mol. The number of thiophene rings is 1. The van der Waals surface area contributed by atoms with E-state index in [1.807, 2.05) is 43.4 Å². The Morgan fingerprint density at radius 2 is 0.917 bits per heavy atom. The average molecular weight is 943 g/mol. The summed E-state index contributed by atoms with van der Waals surface area (Å²) in [5, 5.41) is 2.49. The van der Waals surface area contributed by atoms with E-state index in [1.54, 1.807) is 0 Å². The molecule has 0 saturated carbocycles. The summed E-state index contributed by atoms with van der Waals surface area (Å²) in [4.78, 5) is 7.51. The van der Waals surface area contributed by atoms with Crippen LogP contribution in [0.25, 0.3) is 76.1 Å². The maximum Gasteiger partial charge on any atom is 0.0726 e. The molecule has 0 radical (unpaired) electrons. The Kier molecular flexibility index (Phi) is 11.6. The highest BCUT2D eigenvalue weighted by Crippen LogP contribution is 2.63. The van der Waals surface area contributed by atoms with Crippen LogP contribution < -0.4 is 4.90 Å². The summed E-state index contributed by atoms with van der Waals surface area (Å²) in [6.07, 6.45) is 0. The summed E-state index contributed by atoms with van der Waals surface area (Å²) < 4.78 is 1.26. The Balaban J connectivity index is 0.000000540. The van der Waals surface area contributed by atoms with E-state index >= 15 is 0 Å². The van der Waals surface area contributed by atoms with E-state index in [2.05, 4.69) is 254 Å². The van der Waals surface area contributed by atoms with Crippen LogP contribution in [-0.4, -0.2) is 4.98 Å². The molecule has 2 heterocycles. The topological polar surface area (TPSA) is 19.0 Å². The lowest BCUT2D eigenvalue weighted by molar-refractivity contribution is 0.793. The zero-order valence-electron chi connectivity index (χ0n) is 41.0. The molecule has 0 amide bonds. The molecule has 2 aromatic heterocycles. The van der Waals surface area contributed by atoms with Gasteiger partial charge in [-0.3, -0.25) is 0 Å². The fourth-order valence-corrected chi connectivity index (χ4v) is 12.8. The molecular weight excluding hydrogens is 889 g/mol. The second kappa shape index (κ2) is 18.7. The predicted octanol–water partition coefficient (Wildman–Crippen LogP) is 19.5. The lowest BCUT2D eigenvalue weighted by atomic mass is 9.70. The van der Waals surface area contributed by atoms with E-state index in [-0.39, 0.29) is 0 Å². The molecule has 0 fully saturated rings. The number of benzene rings is 10. The van der Waals surface area contributed by atoms with Crippen LogP contribution >= 0.6 is 11.3 Å². The van der Waals surface area contributed by atoms with Crippen molar-refractivity contribution in [3.63, 3.8) is 0 Å². The maximum atomic E-state index is 3.72. The number of aryl methyl sites for hydroxylation is 2. The van der Waals surface area contributed by atoms with Gasteiger partial charge >= 0.3 is 0 Å². The molecule has 346 valence electrons. The van der Waals surface area contributed by atoms with Gasteiger partial charge in [-0.15, -0.1) is 11.3 Å². The monoisotopic (exact) mass is 942 g/mol. The number of aromatic nitrogens is 1. The van der Waals surface area contributed by atoms with E-state index in [0.29, 0.717) is 0 Å². The molecule has 3 heteroatoms. The second-order valence-corrected chi connectivity index (χ2v) is 19.6. The maximum absolute atomic E-state index is 3.72. The van der Waals surface area contributed by atoms with Crippen LogP contribution in [-0.2, 0) is 5.41 Å². The number of nitrogens with one attached hydrogen (secondary N) is 1. The summed E-state index contributed by atoms with van der Waals surface area (Å²) in [6, 6.07) is 91.1. The molecule has 2 aliphatic rings. The third-order valence-corrected chi connectivity index (χ3v) is 16.0. The summed E-state index contributed by atoms with van der Waals surface area (Å²) in [5.74, 6) is 0. The van der Waals surface area contributed by atoms with Crippen LogP contribution in [0.3, 0.4) is 0 Å². The fourth-order valence-electron chi connectivity index (χ4n) is 11.4. The van der Waals surface area contributed by atoms with Gasteiger partial charge in [-0.05, 0) is 123 Å². The van der Waals surface area contributed by atoms with Crippen molar-refractivity contribution >= 4 is 49.4 Å². The molecule has 10 aromatic carbocycles. The summed E-state index contributed by atoms with van der Waals surface area (Å²) in [7, 11) is 0. The lowest BCUT2D eigenvalue weighted by Crippen LogP contribution is -2.26.